The molecule has 1 aliphatic rings. The van der Waals surface area contributed by atoms with Crippen LogP contribution in [0.3, 0.4) is 0 Å². The summed E-state index contributed by atoms with van der Waals surface area (Å²) in [6, 6.07) is 14.0. The van der Waals surface area contributed by atoms with Crippen LogP contribution in [0.1, 0.15) is 30.4 Å². The van der Waals surface area contributed by atoms with Gasteiger partial charge in [0.2, 0.25) is 5.91 Å². The van der Waals surface area contributed by atoms with Crippen molar-refractivity contribution in [1.82, 2.24) is 10.6 Å². The van der Waals surface area contributed by atoms with E-state index in [1.807, 2.05) is 48.5 Å². The Balaban J connectivity index is 1.54. The third kappa shape index (κ3) is 4.77. The van der Waals surface area contributed by atoms with E-state index in [0.717, 1.165) is 22.3 Å². The number of hydrogen-bond acceptors (Lipinski definition) is 5. The molecule has 2 aromatic carbocycles. The molecule has 0 heterocycles. The van der Waals surface area contributed by atoms with Gasteiger partial charge in [-0.1, -0.05) is 48.5 Å². The number of carbonyl (C=O) groups excluding carboxylic acids is 2. The first-order valence-electron chi connectivity index (χ1n) is 9.65. The summed E-state index contributed by atoms with van der Waals surface area (Å²) < 4.78 is 5.42. The zero-order valence-corrected chi connectivity index (χ0v) is 16.5. The smallest absolute Gasteiger partial charge is 0.407 e. The number of amides is 2. The van der Waals surface area contributed by atoms with Gasteiger partial charge < -0.3 is 25.6 Å². The predicted octanol–water partition coefficient (Wildman–Crippen LogP) is 1.87. The number of ether oxygens (including phenoxy) is 1. The van der Waals surface area contributed by atoms with E-state index in [0.29, 0.717) is 0 Å². The number of aliphatic carboxylic acids is 1. The van der Waals surface area contributed by atoms with Gasteiger partial charge in [-0.05, 0) is 29.2 Å². The third-order valence-electron chi connectivity index (χ3n) is 5.02. The summed E-state index contributed by atoms with van der Waals surface area (Å²) >= 11 is 0. The summed E-state index contributed by atoms with van der Waals surface area (Å²) in [7, 11) is 0. The first kappa shape index (κ1) is 21.3. The van der Waals surface area contributed by atoms with E-state index in [4.69, 9.17) is 14.9 Å². The lowest BCUT2D eigenvalue weighted by Crippen LogP contribution is -2.45. The van der Waals surface area contributed by atoms with Crippen LogP contribution in [0.4, 0.5) is 4.79 Å². The van der Waals surface area contributed by atoms with Gasteiger partial charge in [0.1, 0.15) is 12.6 Å². The molecule has 2 amide bonds. The van der Waals surface area contributed by atoms with Crippen LogP contribution < -0.4 is 10.6 Å². The first-order valence-corrected chi connectivity index (χ1v) is 9.65. The van der Waals surface area contributed by atoms with E-state index >= 15 is 0 Å². The van der Waals surface area contributed by atoms with Crippen LogP contribution in [-0.4, -0.2) is 53.5 Å². The molecular weight excluding hydrogens is 388 g/mol. The lowest BCUT2D eigenvalue weighted by Gasteiger charge is -2.18. The van der Waals surface area contributed by atoms with Gasteiger partial charge in [0.15, 0.2) is 0 Å². The molecule has 2 atom stereocenters. The van der Waals surface area contributed by atoms with E-state index in [1.54, 1.807) is 6.92 Å². The summed E-state index contributed by atoms with van der Waals surface area (Å²) in [5.74, 6) is -1.99. The number of fused-ring (bicyclic) bond motifs is 3. The SMILES string of the molecule is C[C@@H](CC(=O)N[C@@H](CO)C(=O)O)NC(=O)OCC1c2ccccc2-c2ccccc21. The molecule has 0 unspecified atom stereocenters. The molecule has 0 saturated carbocycles. The molecule has 30 heavy (non-hydrogen) atoms. The number of carboxylic acids is 1. The van der Waals surface area contributed by atoms with Crippen LogP contribution >= 0.6 is 0 Å². The Kier molecular flexibility index (Phi) is 6.68. The summed E-state index contributed by atoms with van der Waals surface area (Å²) in [5, 5.41) is 22.6. The second-order valence-corrected chi connectivity index (χ2v) is 7.22. The maximum Gasteiger partial charge on any atom is 0.407 e. The molecule has 158 valence electrons. The fourth-order valence-corrected chi connectivity index (χ4v) is 3.61. The van der Waals surface area contributed by atoms with Gasteiger partial charge >= 0.3 is 12.1 Å². The Morgan fingerprint density at radius 1 is 1.00 bits per heavy atom. The number of alkyl carbamates (subject to hydrolysis) is 1. The Hall–Kier alpha value is -3.39. The highest BCUT2D eigenvalue weighted by Gasteiger charge is 2.29. The van der Waals surface area contributed by atoms with E-state index in [1.165, 1.54) is 0 Å². The van der Waals surface area contributed by atoms with Gasteiger partial charge in [-0.15, -0.1) is 0 Å². The van der Waals surface area contributed by atoms with Crippen LogP contribution in [0.2, 0.25) is 0 Å². The van der Waals surface area contributed by atoms with E-state index in [9.17, 15) is 14.4 Å². The Bertz CT molecular complexity index is 899. The molecule has 0 radical (unpaired) electrons. The van der Waals surface area contributed by atoms with Crippen molar-refractivity contribution >= 4 is 18.0 Å². The highest BCUT2D eigenvalue weighted by atomic mass is 16.5. The minimum atomic E-state index is -1.38. The molecule has 3 rings (SSSR count). The van der Waals surface area contributed by atoms with E-state index in [-0.39, 0.29) is 18.9 Å². The van der Waals surface area contributed by atoms with Crippen molar-refractivity contribution in [2.24, 2.45) is 0 Å². The standard InChI is InChI=1S/C22H24N2O6/c1-13(10-20(26)24-19(11-25)21(27)28)23-22(29)30-12-18-16-8-4-2-6-14(16)15-7-3-5-9-17(15)18/h2-9,13,18-19,25H,10-12H2,1H3,(H,23,29)(H,24,26)(H,27,28)/t13-,19-/m0/s1. The zero-order chi connectivity index (χ0) is 21.7. The quantitative estimate of drug-likeness (QED) is 0.525. The number of aliphatic hydroxyl groups is 1. The number of carbonyl (C=O) groups is 3. The maximum atomic E-state index is 12.2. The summed E-state index contributed by atoms with van der Waals surface area (Å²) in [6.07, 6.45) is -0.803. The molecule has 8 heteroatoms. The summed E-state index contributed by atoms with van der Waals surface area (Å²) in [4.78, 5) is 34.9. The number of hydrogen-bond donors (Lipinski definition) is 4. The number of rotatable bonds is 8. The fourth-order valence-electron chi connectivity index (χ4n) is 3.61. The van der Waals surface area contributed by atoms with Gasteiger partial charge in [0, 0.05) is 18.4 Å². The van der Waals surface area contributed by atoms with Gasteiger partial charge in [-0.25, -0.2) is 9.59 Å². The molecule has 0 aromatic heterocycles. The zero-order valence-electron chi connectivity index (χ0n) is 16.5. The van der Waals surface area contributed by atoms with Crippen molar-refractivity contribution in [3.63, 3.8) is 0 Å². The van der Waals surface area contributed by atoms with Crippen LogP contribution in [0.25, 0.3) is 11.1 Å². The van der Waals surface area contributed by atoms with Crippen molar-refractivity contribution in [3.05, 3.63) is 59.7 Å². The molecule has 0 saturated heterocycles. The molecule has 8 nitrogen and oxygen atoms in total. The van der Waals surface area contributed by atoms with Crippen LogP contribution in [0.5, 0.6) is 0 Å². The second-order valence-electron chi connectivity index (χ2n) is 7.22. The first-order chi connectivity index (χ1) is 14.4. The minimum Gasteiger partial charge on any atom is -0.480 e. The van der Waals surface area contributed by atoms with E-state index in [2.05, 4.69) is 10.6 Å². The largest absolute Gasteiger partial charge is 0.480 e. The highest BCUT2D eigenvalue weighted by molar-refractivity contribution is 5.84. The van der Waals surface area contributed by atoms with E-state index < -0.39 is 36.7 Å². The fraction of sp³-hybridized carbons (Fsp3) is 0.318. The topological polar surface area (TPSA) is 125 Å². The monoisotopic (exact) mass is 412 g/mol. The number of carboxylic acid groups (broad SMARTS) is 1. The molecule has 0 bridgehead atoms. The maximum absolute atomic E-state index is 12.2. The molecule has 4 N–H and O–H groups in total. The van der Waals surface area contributed by atoms with Crippen LogP contribution in [-0.2, 0) is 14.3 Å². The minimum absolute atomic E-state index is 0.0670. The van der Waals surface area contributed by atoms with Crippen molar-refractivity contribution in [1.29, 1.82) is 0 Å². The van der Waals surface area contributed by atoms with Crippen LogP contribution in [0.15, 0.2) is 48.5 Å². The summed E-state index contributed by atoms with van der Waals surface area (Å²) in [6.45, 7) is 1.05. The summed E-state index contributed by atoms with van der Waals surface area (Å²) in [5.41, 5.74) is 4.46. The predicted molar refractivity (Wildman–Crippen MR) is 109 cm³/mol. The average molecular weight is 412 g/mol. The second kappa shape index (κ2) is 9.41. The van der Waals surface area contributed by atoms with Gasteiger partial charge in [-0.3, -0.25) is 4.79 Å². The highest BCUT2D eigenvalue weighted by Crippen LogP contribution is 2.44. The molecule has 0 spiro atoms. The van der Waals surface area contributed by atoms with Crippen molar-refractivity contribution < 1.29 is 29.3 Å². The normalized spacial score (nSPS) is 14.2. The molecule has 0 fully saturated rings. The van der Waals surface area contributed by atoms with Crippen LogP contribution in [0, 0.1) is 0 Å². The van der Waals surface area contributed by atoms with Crippen molar-refractivity contribution in [3.8, 4) is 11.1 Å². The third-order valence-corrected chi connectivity index (χ3v) is 5.02. The Morgan fingerprint density at radius 3 is 2.10 bits per heavy atom. The van der Waals surface area contributed by atoms with Crippen molar-refractivity contribution in [2.75, 3.05) is 13.2 Å². The van der Waals surface area contributed by atoms with Gasteiger partial charge in [-0.2, -0.15) is 0 Å². The molecule has 1 aliphatic carbocycles. The number of aliphatic hydroxyl groups excluding tert-OH is 1. The lowest BCUT2D eigenvalue weighted by molar-refractivity contribution is -0.143. The van der Waals surface area contributed by atoms with Gasteiger partial charge in [0.25, 0.3) is 0 Å². The van der Waals surface area contributed by atoms with Crippen molar-refractivity contribution in [2.45, 2.75) is 31.3 Å². The van der Waals surface area contributed by atoms with Gasteiger partial charge in [0.05, 0.1) is 6.61 Å². The Morgan fingerprint density at radius 2 is 1.57 bits per heavy atom. The average Bonchev–Trinajstić information content (AvgIpc) is 3.04. The molecule has 0 aliphatic heterocycles. The molecule has 2 aromatic rings. The Labute approximate surface area is 173 Å². The molecular formula is C22H24N2O6. The number of nitrogens with one attached hydrogen (secondary N) is 2. The number of benzene rings is 2. The lowest BCUT2D eigenvalue weighted by atomic mass is 9.98.